The Hall–Kier alpha value is -1.59. The van der Waals surface area contributed by atoms with Gasteiger partial charge in [0.1, 0.15) is 0 Å². The van der Waals surface area contributed by atoms with Crippen LogP contribution >= 0.6 is 0 Å². The average Bonchev–Trinajstić information content (AvgIpc) is 2.47. The first-order valence-electron chi connectivity index (χ1n) is 7.13. The number of nitrogens with one attached hydrogen (secondary N) is 1. The molecule has 1 aliphatic heterocycles. The molecule has 1 heterocycles. The molecule has 1 aromatic carbocycles. The van der Waals surface area contributed by atoms with Crippen LogP contribution in [0.4, 0.5) is 5.69 Å². The number of likely N-dealkylation sites (tertiary alicyclic amines) is 1. The molecule has 0 aliphatic carbocycles. The van der Waals surface area contributed by atoms with Crippen LogP contribution in [0.25, 0.3) is 0 Å². The number of nitrogens with zero attached hydrogens (tertiary/aromatic N) is 1. The quantitative estimate of drug-likeness (QED) is 0.576. The lowest BCUT2D eigenvalue weighted by molar-refractivity contribution is 0.0653. The van der Waals surface area contributed by atoms with Crippen LogP contribution in [0.5, 0.6) is 0 Å². The van der Waals surface area contributed by atoms with Crippen LogP contribution in [0, 0.1) is 12.8 Å². The molecule has 0 radical (unpaired) electrons. The number of piperidine rings is 1. The third-order valence-electron chi connectivity index (χ3n) is 3.97. The number of hydrazine groups is 1. The Kier molecular flexibility index (Phi) is 4.98. The number of benzene rings is 1. The molecule has 0 aromatic heterocycles. The van der Waals surface area contributed by atoms with E-state index in [1.807, 2.05) is 24.0 Å². The van der Waals surface area contributed by atoms with Crippen molar-refractivity contribution in [1.29, 1.82) is 0 Å². The van der Waals surface area contributed by atoms with E-state index in [9.17, 15) is 4.79 Å². The summed E-state index contributed by atoms with van der Waals surface area (Å²) in [5, 5.41) is 9.03. The monoisotopic (exact) mass is 277 g/mol. The van der Waals surface area contributed by atoms with Gasteiger partial charge in [-0.2, -0.15) is 0 Å². The van der Waals surface area contributed by atoms with E-state index in [2.05, 4.69) is 5.43 Å². The number of anilines is 1. The first-order chi connectivity index (χ1) is 9.65. The second kappa shape index (κ2) is 6.72. The molecule has 2 rings (SSSR count). The Balaban J connectivity index is 2.08. The number of amides is 1. The summed E-state index contributed by atoms with van der Waals surface area (Å²) in [4.78, 5) is 14.4. The van der Waals surface area contributed by atoms with Gasteiger partial charge in [0, 0.05) is 25.3 Å². The van der Waals surface area contributed by atoms with Crippen molar-refractivity contribution < 1.29 is 9.90 Å². The van der Waals surface area contributed by atoms with Crippen LogP contribution < -0.4 is 11.3 Å². The minimum atomic E-state index is 0.0688. The number of aliphatic hydroxyl groups is 1. The van der Waals surface area contributed by atoms with Gasteiger partial charge in [0.15, 0.2) is 0 Å². The predicted octanol–water partition coefficient (Wildman–Crippen LogP) is 1.52. The van der Waals surface area contributed by atoms with Gasteiger partial charge >= 0.3 is 0 Å². The Morgan fingerprint density at radius 2 is 2.35 bits per heavy atom. The van der Waals surface area contributed by atoms with Crippen LogP contribution in [0.15, 0.2) is 18.2 Å². The summed E-state index contributed by atoms with van der Waals surface area (Å²) in [5.41, 5.74) is 5.10. The zero-order valence-corrected chi connectivity index (χ0v) is 11.9. The van der Waals surface area contributed by atoms with E-state index in [0.29, 0.717) is 11.5 Å². The maximum Gasteiger partial charge on any atom is 0.253 e. The lowest BCUT2D eigenvalue weighted by Crippen LogP contribution is -2.40. The molecule has 1 aromatic rings. The molecular weight excluding hydrogens is 254 g/mol. The number of carbonyl (C=O) groups is 1. The largest absolute Gasteiger partial charge is 0.396 e. The number of carbonyl (C=O) groups excluding carboxylic acids is 1. The smallest absolute Gasteiger partial charge is 0.253 e. The third kappa shape index (κ3) is 3.29. The predicted molar refractivity (Wildman–Crippen MR) is 79.3 cm³/mol. The molecule has 1 unspecified atom stereocenters. The molecule has 5 heteroatoms. The topological polar surface area (TPSA) is 78.6 Å². The van der Waals surface area contributed by atoms with E-state index in [-0.39, 0.29) is 12.5 Å². The maximum atomic E-state index is 12.5. The summed E-state index contributed by atoms with van der Waals surface area (Å²) in [7, 11) is 0. The number of rotatable bonds is 4. The van der Waals surface area contributed by atoms with E-state index >= 15 is 0 Å². The van der Waals surface area contributed by atoms with Crippen LogP contribution in [-0.2, 0) is 0 Å². The van der Waals surface area contributed by atoms with Crippen molar-refractivity contribution in [3.63, 3.8) is 0 Å². The van der Waals surface area contributed by atoms with Crippen LogP contribution in [-0.4, -0.2) is 35.6 Å². The second-order valence-electron chi connectivity index (χ2n) is 5.45. The van der Waals surface area contributed by atoms with Crippen LogP contribution in [0.1, 0.15) is 35.2 Å². The number of hydrogen-bond donors (Lipinski definition) is 3. The normalized spacial score (nSPS) is 18.9. The first-order valence-corrected chi connectivity index (χ1v) is 7.13. The molecule has 1 atom stereocenters. The molecule has 20 heavy (non-hydrogen) atoms. The van der Waals surface area contributed by atoms with Crippen molar-refractivity contribution in [3.05, 3.63) is 29.3 Å². The summed E-state index contributed by atoms with van der Waals surface area (Å²) in [6.45, 7) is 3.67. The number of aliphatic hydroxyl groups excluding tert-OH is 1. The summed E-state index contributed by atoms with van der Waals surface area (Å²) in [6, 6.07) is 5.51. The molecular formula is C15H23N3O2. The van der Waals surface area contributed by atoms with Crippen molar-refractivity contribution >= 4 is 11.6 Å². The fourth-order valence-corrected chi connectivity index (χ4v) is 2.81. The Morgan fingerprint density at radius 1 is 1.55 bits per heavy atom. The highest BCUT2D eigenvalue weighted by atomic mass is 16.3. The standard InChI is InChI=1S/C15H23N3O2/c1-11-9-13(4-5-14(11)17-16)15(20)18-7-2-3-12(10-18)6-8-19/h4-5,9,12,17,19H,2-3,6-8,10,16H2,1H3. The molecule has 1 fully saturated rings. The highest BCUT2D eigenvalue weighted by molar-refractivity contribution is 5.95. The summed E-state index contributed by atoms with van der Waals surface area (Å²) >= 11 is 0. The van der Waals surface area contributed by atoms with Crippen LogP contribution in [0.3, 0.4) is 0 Å². The van der Waals surface area contributed by atoms with E-state index in [1.54, 1.807) is 6.07 Å². The van der Waals surface area contributed by atoms with Gasteiger partial charge in [0.2, 0.25) is 0 Å². The van der Waals surface area contributed by atoms with E-state index in [1.165, 1.54) is 0 Å². The number of nitrogens with two attached hydrogens (primary N) is 1. The lowest BCUT2D eigenvalue weighted by atomic mass is 9.94. The zero-order valence-electron chi connectivity index (χ0n) is 11.9. The first kappa shape index (κ1) is 14.8. The molecule has 0 spiro atoms. The van der Waals surface area contributed by atoms with Crippen molar-refractivity contribution in [2.45, 2.75) is 26.2 Å². The van der Waals surface area contributed by atoms with Gasteiger partial charge in [-0.25, -0.2) is 0 Å². The van der Waals surface area contributed by atoms with Crippen LogP contribution in [0.2, 0.25) is 0 Å². The van der Waals surface area contributed by atoms with E-state index in [4.69, 9.17) is 10.9 Å². The number of nitrogen functional groups attached to an aromatic ring is 1. The minimum Gasteiger partial charge on any atom is -0.396 e. The lowest BCUT2D eigenvalue weighted by Gasteiger charge is -2.32. The van der Waals surface area contributed by atoms with Crippen molar-refractivity contribution in [2.24, 2.45) is 11.8 Å². The molecule has 1 saturated heterocycles. The van der Waals surface area contributed by atoms with Gasteiger partial charge in [-0.3, -0.25) is 10.6 Å². The fraction of sp³-hybridized carbons (Fsp3) is 0.533. The second-order valence-corrected chi connectivity index (χ2v) is 5.45. The summed E-state index contributed by atoms with van der Waals surface area (Å²) in [5.74, 6) is 5.89. The molecule has 1 amide bonds. The van der Waals surface area contributed by atoms with Crippen molar-refractivity contribution in [1.82, 2.24) is 4.90 Å². The third-order valence-corrected chi connectivity index (χ3v) is 3.97. The molecule has 5 nitrogen and oxygen atoms in total. The highest BCUT2D eigenvalue weighted by Crippen LogP contribution is 2.22. The van der Waals surface area contributed by atoms with Gasteiger partial charge in [0.25, 0.3) is 5.91 Å². The average molecular weight is 277 g/mol. The summed E-state index contributed by atoms with van der Waals surface area (Å²) < 4.78 is 0. The van der Waals surface area contributed by atoms with Crippen molar-refractivity contribution in [3.8, 4) is 0 Å². The van der Waals surface area contributed by atoms with E-state index in [0.717, 1.165) is 43.6 Å². The molecule has 4 N–H and O–H groups in total. The molecule has 0 saturated carbocycles. The Labute approximate surface area is 119 Å². The number of hydrogen-bond acceptors (Lipinski definition) is 4. The molecule has 1 aliphatic rings. The highest BCUT2D eigenvalue weighted by Gasteiger charge is 2.24. The fourth-order valence-electron chi connectivity index (χ4n) is 2.81. The Morgan fingerprint density at radius 3 is 3.00 bits per heavy atom. The van der Waals surface area contributed by atoms with Gasteiger partial charge < -0.3 is 15.4 Å². The molecule has 110 valence electrons. The van der Waals surface area contributed by atoms with Gasteiger partial charge in [-0.15, -0.1) is 0 Å². The summed E-state index contributed by atoms with van der Waals surface area (Å²) in [6.07, 6.45) is 2.88. The minimum absolute atomic E-state index is 0.0688. The van der Waals surface area contributed by atoms with Gasteiger partial charge in [-0.1, -0.05) is 0 Å². The SMILES string of the molecule is Cc1cc(C(=O)N2CCCC(CCO)C2)ccc1NN. The number of aryl methyl sites for hydroxylation is 1. The van der Waals surface area contributed by atoms with Crippen molar-refractivity contribution in [2.75, 3.05) is 25.1 Å². The maximum absolute atomic E-state index is 12.5. The van der Waals surface area contributed by atoms with Gasteiger partial charge in [-0.05, 0) is 55.9 Å². The zero-order chi connectivity index (χ0) is 14.5. The molecule has 0 bridgehead atoms. The van der Waals surface area contributed by atoms with Gasteiger partial charge in [0.05, 0.1) is 5.69 Å². The van der Waals surface area contributed by atoms with E-state index < -0.39 is 0 Å². The Bertz CT molecular complexity index is 474.